The fraction of sp³-hybridized carbons (Fsp3) is 0.556. The van der Waals surface area contributed by atoms with E-state index in [1.807, 2.05) is 14.0 Å². The zero-order valence-electron chi connectivity index (χ0n) is 14.7. The summed E-state index contributed by atoms with van der Waals surface area (Å²) in [5, 5.41) is 17.6. The van der Waals surface area contributed by atoms with Gasteiger partial charge in [-0.15, -0.1) is 0 Å². The molecule has 0 radical (unpaired) electrons. The molecule has 2 heterocycles. The molecule has 0 aromatic carbocycles. The van der Waals surface area contributed by atoms with Crippen LogP contribution in [0.25, 0.3) is 11.0 Å². The molecule has 3 rings (SSSR count). The number of carboxylic acid groups (broad SMARTS) is 1. The van der Waals surface area contributed by atoms with Crippen LogP contribution in [0.2, 0.25) is 0 Å². The third kappa shape index (κ3) is 3.65. The Balaban J connectivity index is 1.81. The van der Waals surface area contributed by atoms with Crippen molar-refractivity contribution < 1.29 is 14.7 Å². The SMILES string of the molecule is Cc1nn(C)c2ncc(C(=O)NC3CCCCCCC3C(=O)O)cc12. The van der Waals surface area contributed by atoms with Gasteiger partial charge in [0.05, 0.1) is 17.2 Å². The van der Waals surface area contributed by atoms with Crippen LogP contribution in [0.4, 0.5) is 0 Å². The number of pyridine rings is 1. The largest absolute Gasteiger partial charge is 0.481 e. The van der Waals surface area contributed by atoms with E-state index in [2.05, 4.69) is 15.4 Å². The van der Waals surface area contributed by atoms with Crippen molar-refractivity contribution in [1.82, 2.24) is 20.1 Å². The first-order valence-corrected chi connectivity index (χ1v) is 8.80. The van der Waals surface area contributed by atoms with Gasteiger partial charge in [-0.1, -0.05) is 25.7 Å². The van der Waals surface area contributed by atoms with Gasteiger partial charge in [0.2, 0.25) is 0 Å². The van der Waals surface area contributed by atoms with Crippen LogP contribution in [0.15, 0.2) is 12.3 Å². The third-order valence-electron chi connectivity index (χ3n) is 5.02. The summed E-state index contributed by atoms with van der Waals surface area (Å²) >= 11 is 0. The number of carbonyl (C=O) groups is 2. The molecule has 1 aliphatic carbocycles. The molecule has 25 heavy (non-hydrogen) atoms. The molecule has 0 bridgehead atoms. The summed E-state index contributed by atoms with van der Waals surface area (Å²) in [6.45, 7) is 1.88. The first kappa shape index (κ1) is 17.4. The summed E-state index contributed by atoms with van der Waals surface area (Å²) in [6, 6.07) is 1.44. The van der Waals surface area contributed by atoms with E-state index in [9.17, 15) is 14.7 Å². The molecule has 2 aromatic heterocycles. The molecule has 0 spiro atoms. The van der Waals surface area contributed by atoms with E-state index in [4.69, 9.17) is 0 Å². The number of hydrogen-bond acceptors (Lipinski definition) is 4. The van der Waals surface area contributed by atoms with Crippen molar-refractivity contribution in [3.63, 3.8) is 0 Å². The van der Waals surface area contributed by atoms with Crippen LogP contribution in [0, 0.1) is 12.8 Å². The summed E-state index contributed by atoms with van der Waals surface area (Å²) in [5.74, 6) is -1.63. The van der Waals surface area contributed by atoms with E-state index in [-0.39, 0.29) is 11.9 Å². The van der Waals surface area contributed by atoms with Gasteiger partial charge in [-0.2, -0.15) is 5.10 Å². The van der Waals surface area contributed by atoms with Crippen LogP contribution in [-0.2, 0) is 11.8 Å². The lowest BCUT2D eigenvalue weighted by Gasteiger charge is -2.27. The number of aryl methyl sites for hydroxylation is 2. The van der Waals surface area contributed by atoms with Gasteiger partial charge in [-0.3, -0.25) is 14.3 Å². The molecular formula is C18H24N4O3. The van der Waals surface area contributed by atoms with Crippen molar-refractivity contribution in [1.29, 1.82) is 0 Å². The lowest BCUT2D eigenvalue weighted by atomic mass is 9.86. The molecule has 1 amide bonds. The smallest absolute Gasteiger partial charge is 0.308 e. The van der Waals surface area contributed by atoms with E-state index in [1.54, 1.807) is 10.7 Å². The number of carbonyl (C=O) groups excluding carboxylic acids is 1. The molecule has 2 N–H and O–H groups in total. The molecule has 7 nitrogen and oxygen atoms in total. The number of aliphatic carboxylic acids is 1. The monoisotopic (exact) mass is 344 g/mol. The molecule has 7 heteroatoms. The van der Waals surface area contributed by atoms with Crippen LogP contribution >= 0.6 is 0 Å². The van der Waals surface area contributed by atoms with E-state index >= 15 is 0 Å². The summed E-state index contributed by atoms with van der Waals surface area (Å²) in [7, 11) is 1.81. The lowest BCUT2D eigenvalue weighted by Crippen LogP contribution is -2.44. The maximum Gasteiger partial charge on any atom is 0.308 e. The van der Waals surface area contributed by atoms with Gasteiger partial charge in [-0.25, -0.2) is 4.98 Å². The van der Waals surface area contributed by atoms with Crippen LogP contribution < -0.4 is 5.32 Å². The normalized spacial score (nSPS) is 21.5. The average Bonchev–Trinajstić information content (AvgIpc) is 2.83. The lowest BCUT2D eigenvalue weighted by molar-refractivity contribution is -0.143. The number of rotatable bonds is 3. The van der Waals surface area contributed by atoms with Crippen molar-refractivity contribution in [2.75, 3.05) is 0 Å². The van der Waals surface area contributed by atoms with Crippen molar-refractivity contribution in [3.8, 4) is 0 Å². The standard InChI is InChI=1S/C18H24N4O3/c1-11-14-9-12(10-19-16(14)22(2)21-11)17(23)20-15-8-6-4-3-5-7-13(15)18(24)25/h9-10,13,15H,3-8H2,1-2H3,(H,20,23)(H,24,25). The maximum atomic E-state index is 12.7. The Morgan fingerprint density at radius 1 is 1.24 bits per heavy atom. The number of carboxylic acids is 1. The second-order valence-electron chi connectivity index (χ2n) is 6.82. The Morgan fingerprint density at radius 2 is 1.96 bits per heavy atom. The van der Waals surface area contributed by atoms with Gasteiger partial charge < -0.3 is 10.4 Å². The van der Waals surface area contributed by atoms with E-state index < -0.39 is 11.9 Å². The predicted octanol–water partition coefficient (Wildman–Crippen LogP) is 2.43. The van der Waals surface area contributed by atoms with Gasteiger partial charge in [0.1, 0.15) is 0 Å². The molecule has 2 aromatic rings. The van der Waals surface area contributed by atoms with Gasteiger partial charge >= 0.3 is 5.97 Å². The fourth-order valence-corrected chi connectivity index (χ4v) is 3.64. The number of fused-ring (bicyclic) bond motifs is 1. The van der Waals surface area contributed by atoms with Crippen LogP contribution in [0.3, 0.4) is 0 Å². The van der Waals surface area contributed by atoms with Gasteiger partial charge in [-0.05, 0) is 25.8 Å². The van der Waals surface area contributed by atoms with E-state index in [1.165, 1.54) is 6.20 Å². The maximum absolute atomic E-state index is 12.7. The summed E-state index contributed by atoms with van der Waals surface area (Å²) in [6.07, 6.45) is 6.81. The molecule has 134 valence electrons. The highest BCUT2D eigenvalue weighted by molar-refractivity contribution is 5.97. The van der Waals surface area contributed by atoms with Crippen molar-refractivity contribution >= 4 is 22.9 Å². The van der Waals surface area contributed by atoms with Crippen LogP contribution in [-0.4, -0.2) is 37.8 Å². The number of amides is 1. The Labute approximate surface area is 146 Å². The summed E-state index contributed by atoms with van der Waals surface area (Å²) in [5.41, 5.74) is 1.98. The van der Waals surface area contributed by atoms with Crippen molar-refractivity contribution in [3.05, 3.63) is 23.5 Å². The molecule has 0 saturated heterocycles. The minimum atomic E-state index is -0.830. The van der Waals surface area contributed by atoms with Crippen LogP contribution in [0.5, 0.6) is 0 Å². The average molecular weight is 344 g/mol. The van der Waals surface area contributed by atoms with Gasteiger partial charge in [0.15, 0.2) is 5.65 Å². The zero-order valence-corrected chi connectivity index (χ0v) is 14.7. The molecule has 0 aliphatic heterocycles. The van der Waals surface area contributed by atoms with Gasteiger partial charge in [0, 0.05) is 24.7 Å². The highest BCUT2D eigenvalue weighted by Crippen LogP contribution is 2.24. The predicted molar refractivity (Wildman–Crippen MR) is 93.3 cm³/mol. The fourth-order valence-electron chi connectivity index (χ4n) is 3.64. The summed E-state index contributed by atoms with van der Waals surface area (Å²) < 4.78 is 1.68. The third-order valence-corrected chi connectivity index (χ3v) is 5.02. The van der Waals surface area contributed by atoms with Gasteiger partial charge in [0.25, 0.3) is 5.91 Å². The first-order valence-electron chi connectivity index (χ1n) is 8.80. The Bertz CT molecular complexity index is 799. The van der Waals surface area contributed by atoms with Crippen LogP contribution in [0.1, 0.15) is 54.6 Å². The van der Waals surface area contributed by atoms with E-state index in [0.717, 1.165) is 42.4 Å². The first-order chi connectivity index (χ1) is 12.0. The Hall–Kier alpha value is -2.44. The highest BCUT2D eigenvalue weighted by Gasteiger charge is 2.30. The molecule has 1 saturated carbocycles. The minimum absolute atomic E-state index is 0.269. The topological polar surface area (TPSA) is 97.1 Å². The molecule has 1 aliphatic rings. The number of nitrogens with zero attached hydrogens (tertiary/aromatic N) is 3. The Morgan fingerprint density at radius 3 is 2.68 bits per heavy atom. The number of hydrogen-bond donors (Lipinski definition) is 2. The van der Waals surface area contributed by atoms with Crippen molar-refractivity contribution in [2.24, 2.45) is 13.0 Å². The minimum Gasteiger partial charge on any atom is -0.481 e. The quantitative estimate of drug-likeness (QED) is 0.891. The summed E-state index contributed by atoms with van der Waals surface area (Å²) in [4.78, 5) is 28.6. The second kappa shape index (κ2) is 7.21. The number of nitrogens with one attached hydrogen (secondary N) is 1. The van der Waals surface area contributed by atoms with Crippen molar-refractivity contribution in [2.45, 2.75) is 51.5 Å². The highest BCUT2D eigenvalue weighted by atomic mass is 16.4. The molecular weight excluding hydrogens is 320 g/mol. The molecule has 2 atom stereocenters. The second-order valence-corrected chi connectivity index (χ2v) is 6.82. The Kier molecular flexibility index (Phi) is 5.01. The molecule has 2 unspecified atom stereocenters. The zero-order chi connectivity index (χ0) is 18.0. The van der Waals surface area contributed by atoms with E-state index in [0.29, 0.717) is 18.4 Å². The molecule has 1 fully saturated rings. The number of aromatic nitrogens is 3.